The molecule has 2 aromatic carbocycles. The van der Waals surface area contributed by atoms with Gasteiger partial charge in [-0.25, -0.2) is 4.39 Å². The van der Waals surface area contributed by atoms with Crippen molar-refractivity contribution in [3.05, 3.63) is 65.7 Å². The summed E-state index contributed by atoms with van der Waals surface area (Å²) in [6.45, 7) is 4.67. The van der Waals surface area contributed by atoms with E-state index in [0.717, 1.165) is 19.3 Å². The summed E-state index contributed by atoms with van der Waals surface area (Å²) in [5.74, 6) is -0.452. The normalized spacial score (nSPS) is 19.1. The SMILES string of the molecule is C/C=C/C1CCC(c2ccc(-c3ccc(OCCCCCCC)c(F)c3F)cc2)CC1. The van der Waals surface area contributed by atoms with Crippen LogP contribution < -0.4 is 4.74 Å². The van der Waals surface area contributed by atoms with Gasteiger partial charge in [0.1, 0.15) is 0 Å². The summed E-state index contributed by atoms with van der Waals surface area (Å²) in [6.07, 6.45) is 14.7. The van der Waals surface area contributed by atoms with Crippen LogP contribution in [0.25, 0.3) is 11.1 Å². The molecule has 3 heteroatoms. The molecule has 0 radical (unpaired) electrons. The van der Waals surface area contributed by atoms with E-state index in [1.165, 1.54) is 44.1 Å². The molecular formula is C28H36F2O. The molecule has 168 valence electrons. The number of benzene rings is 2. The Morgan fingerprint density at radius 1 is 0.871 bits per heavy atom. The van der Waals surface area contributed by atoms with Gasteiger partial charge in [-0.15, -0.1) is 0 Å². The molecule has 1 aliphatic rings. The molecule has 0 aromatic heterocycles. The van der Waals surface area contributed by atoms with Gasteiger partial charge in [-0.05, 0) is 74.1 Å². The van der Waals surface area contributed by atoms with Crippen molar-refractivity contribution in [1.82, 2.24) is 0 Å². The summed E-state index contributed by atoms with van der Waals surface area (Å²) in [6, 6.07) is 11.2. The molecule has 0 aliphatic heterocycles. The summed E-state index contributed by atoms with van der Waals surface area (Å²) in [4.78, 5) is 0. The summed E-state index contributed by atoms with van der Waals surface area (Å²) in [5, 5.41) is 0. The smallest absolute Gasteiger partial charge is 0.201 e. The van der Waals surface area contributed by atoms with Crippen LogP contribution in [0.1, 0.15) is 83.1 Å². The molecule has 0 heterocycles. The lowest BCUT2D eigenvalue weighted by Gasteiger charge is -2.27. The predicted molar refractivity (Wildman–Crippen MR) is 126 cm³/mol. The molecule has 1 saturated carbocycles. The summed E-state index contributed by atoms with van der Waals surface area (Å²) >= 11 is 0. The van der Waals surface area contributed by atoms with Crippen LogP contribution in [-0.4, -0.2) is 6.61 Å². The second kappa shape index (κ2) is 12.0. The topological polar surface area (TPSA) is 9.23 Å². The molecule has 0 bridgehead atoms. The first kappa shape index (κ1) is 23.5. The molecule has 0 unspecified atom stereocenters. The quantitative estimate of drug-likeness (QED) is 0.272. The summed E-state index contributed by atoms with van der Waals surface area (Å²) < 4.78 is 34.8. The second-order valence-electron chi connectivity index (χ2n) is 8.76. The molecule has 0 atom stereocenters. The number of ether oxygens (including phenoxy) is 1. The van der Waals surface area contributed by atoms with Crippen LogP contribution in [0.3, 0.4) is 0 Å². The molecule has 1 nitrogen and oxygen atoms in total. The maximum Gasteiger partial charge on any atom is 0.201 e. The van der Waals surface area contributed by atoms with E-state index in [0.29, 0.717) is 24.0 Å². The van der Waals surface area contributed by atoms with Gasteiger partial charge in [0.15, 0.2) is 11.6 Å². The highest BCUT2D eigenvalue weighted by Gasteiger charge is 2.21. The second-order valence-corrected chi connectivity index (χ2v) is 8.76. The fourth-order valence-electron chi connectivity index (χ4n) is 4.61. The number of hydrogen-bond acceptors (Lipinski definition) is 1. The van der Waals surface area contributed by atoms with Crippen LogP contribution in [-0.2, 0) is 0 Å². The maximum absolute atomic E-state index is 14.7. The Bertz CT molecular complexity index is 833. The average Bonchev–Trinajstić information content (AvgIpc) is 2.80. The van der Waals surface area contributed by atoms with Crippen LogP contribution in [0.5, 0.6) is 5.75 Å². The minimum atomic E-state index is -0.891. The van der Waals surface area contributed by atoms with Crippen molar-refractivity contribution < 1.29 is 13.5 Å². The number of hydrogen-bond donors (Lipinski definition) is 0. The average molecular weight is 427 g/mol. The fourth-order valence-corrected chi connectivity index (χ4v) is 4.61. The molecule has 2 aromatic rings. The van der Waals surface area contributed by atoms with E-state index in [9.17, 15) is 8.78 Å². The third-order valence-electron chi connectivity index (χ3n) is 6.48. The Kier molecular flexibility index (Phi) is 9.12. The Morgan fingerprint density at radius 2 is 1.58 bits per heavy atom. The minimum absolute atomic E-state index is 0.00579. The third-order valence-corrected chi connectivity index (χ3v) is 6.48. The zero-order valence-corrected chi connectivity index (χ0v) is 19.0. The Labute approximate surface area is 186 Å². The van der Waals surface area contributed by atoms with Crippen LogP contribution in [0.15, 0.2) is 48.6 Å². The van der Waals surface area contributed by atoms with Gasteiger partial charge in [0.25, 0.3) is 0 Å². The van der Waals surface area contributed by atoms with E-state index < -0.39 is 11.6 Å². The van der Waals surface area contributed by atoms with Crippen molar-refractivity contribution in [3.63, 3.8) is 0 Å². The summed E-state index contributed by atoms with van der Waals surface area (Å²) in [7, 11) is 0. The van der Waals surface area contributed by atoms with Gasteiger partial charge in [0.2, 0.25) is 5.82 Å². The molecule has 0 amide bonds. The highest BCUT2D eigenvalue weighted by atomic mass is 19.2. The lowest BCUT2D eigenvalue weighted by molar-refractivity contribution is 0.285. The van der Waals surface area contributed by atoms with Crippen molar-refractivity contribution in [2.75, 3.05) is 6.61 Å². The highest BCUT2D eigenvalue weighted by molar-refractivity contribution is 5.65. The predicted octanol–water partition coefficient (Wildman–Crippen LogP) is 8.83. The van der Waals surface area contributed by atoms with Gasteiger partial charge in [0.05, 0.1) is 6.61 Å². The first-order valence-corrected chi connectivity index (χ1v) is 12.0. The zero-order valence-electron chi connectivity index (χ0n) is 19.0. The lowest BCUT2D eigenvalue weighted by Crippen LogP contribution is -2.11. The standard InChI is InChI=1S/C28H36F2O/c1-3-5-6-7-8-20-31-26-19-18-25(27(29)28(26)30)24-16-14-23(15-17-24)22-12-10-21(9-4-2)11-13-22/h4,9,14-19,21-22H,3,5-8,10-13,20H2,1-2H3/b9-4+. The molecule has 1 fully saturated rings. The van der Waals surface area contributed by atoms with Crippen LogP contribution in [0.2, 0.25) is 0 Å². The Hall–Kier alpha value is -2.16. The maximum atomic E-state index is 14.7. The van der Waals surface area contributed by atoms with Gasteiger partial charge in [0, 0.05) is 5.56 Å². The number of allylic oxidation sites excluding steroid dienone is 2. The Morgan fingerprint density at radius 3 is 2.26 bits per heavy atom. The Balaban J connectivity index is 1.60. The largest absolute Gasteiger partial charge is 0.490 e. The molecule has 31 heavy (non-hydrogen) atoms. The van der Waals surface area contributed by atoms with Crippen molar-refractivity contribution >= 4 is 0 Å². The van der Waals surface area contributed by atoms with E-state index >= 15 is 0 Å². The summed E-state index contributed by atoms with van der Waals surface area (Å²) in [5.41, 5.74) is 2.29. The molecule has 0 N–H and O–H groups in total. The van der Waals surface area contributed by atoms with Gasteiger partial charge in [-0.2, -0.15) is 4.39 Å². The van der Waals surface area contributed by atoms with E-state index in [2.05, 4.69) is 38.1 Å². The third kappa shape index (κ3) is 6.41. The molecule has 3 rings (SSSR count). The number of halogens is 2. The number of rotatable bonds is 10. The molecule has 0 spiro atoms. The van der Waals surface area contributed by atoms with Crippen molar-refractivity contribution in [2.24, 2.45) is 5.92 Å². The van der Waals surface area contributed by atoms with Crippen molar-refractivity contribution in [2.45, 2.75) is 77.6 Å². The van der Waals surface area contributed by atoms with Gasteiger partial charge >= 0.3 is 0 Å². The minimum Gasteiger partial charge on any atom is -0.490 e. The van der Waals surface area contributed by atoms with Gasteiger partial charge < -0.3 is 4.74 Å². The molecule has 1 aliphatic carbocycles. The van der Waals surface area contributed by atoms with Crippen LogP contribution in [0.4, 0.5) is 8.78 Å². The van der Waals surface area contributed by atoms with E-state index in [1.54, 1.807) is 12.1 Å². The molecular weight excluding hydrogens is 390 g/mol. The van der Waals surface area contributed by atoms with Crippen LogP contribution >= 0.6 is 0 Å². The first-order valence-electron chi connectivity index (χ1n) is 12.0. The van der Waals surface area contributed by atoms with E-state index in [1.807, 2.05) is 12.1 Å². The van der Waals surface area contributed by atoms with Gasteiger partial charge in [-0.1, -0.05) is 69.0 Å². The van der Waals surface area contributed by atoms with E-state index in [-0.39, 0.29) is 11.3 Å². The van der Waals surface area contributed by atoms with Crippen molar-refractivity contribution in [3.8, 4) is 16.9 Å². The van der Waals surface area contributed by atoms with E-state index in [4.69, 9.17) is 4.74 Å². The first-order chi connectivity index (χ1) is 15.1. The fraction of sp³-hybridized carbons (Fsp3) is 0.500. The van der Waals surface area contributed by atoms with Gasteiger partial charge in [-0.3, -0.25) is 0 Å². The number of unbranched alkanes of at least 4 members (excludes halogenated alkanes) is 4. The lowest BCUT2D eigenvalue weighted by atomic mass is 9.78. The molecule has 0 saturated heterocycles. The highest BCUT2D eigenvalue weighted by Crippen LogP contribution is 2.37. The van der Waals surface area contributed by atoms with Crippen molar-refractivity contribution in [1.29, 1.82) is 0 Å². The monoisotopic (exact) mass is 426 g/mol. The van der Waals surface area contributed by atoms with Crippen LogP contribution in [0, 0.1) is 17.6 Å². The zero-order chi connectivity index (χ0) is 22.1.